The molecule has 1 aromatic carbocycles. The zero-order valence-electron chi connectivity index (χ0n) is 23.0. The third kappa shape index (κ3) is 4.84. The minimum atomic E-state index is -0.759. The summed E-state index contributed by atoms with van der Waals surface area (Å²) in [5.41, 5.74) is 1.81. The smallest absolute Gasteiger partial charge is 0.246 e. The maximum Gasteiger partial charge on any atom is 0.246 e. The summed E-state index contributed by atoms with van der Waals surface area (Å²) >= 11 is 0. The number of nitrogens with one attached hydrogen (secondary N) is 3. The van der Waals surface area contributed by atoms with Gasteiger partial charge in [0.1, 0.15) is 11.4 Å². The summed E-state index contributed by atoms with van der Waals surface area (Å²) in [4.78, 5) is 28.7. The second-order valence-electron chi connectivity index (χ2n) is 13.0. The standard InChI is InChI=1S/C31H45FN4O2/c1-21-11-12-26(32)25-20-31(35-28(21)25,22-7-4-2-3-5-8-22)29(38)33-23-9-6-10-24(19-23)36-17-15-30(16-18-36)14-13-27(37)34-30/h11-12,22-24,35H,2-10,13-20H2,1H3,(H,33,38)(H,34,37)/t23-,24+,31?/m1/s1. The first-order valence-electron chi connectivity index (χ1n) is 15.3. The Morgan fingerprint density at radius 3 is 2.45 bits per heavy atom. The molecule has 3 atom stereocenters. The SMILES string of the molecule is Cc1ccc(F)c2c1NC(C(=O)N[C@@H]1CCC[C@H](N3CCC4(CCC(=O)N4)CC3)C1)(C1CCCCCC1)C2. The molecule has 3 aliphatic heterocycles. The van der Waals surface area contributed by atoms with Gasteiger partial charge < -0.3 is 20.9 Å². The molecule has 38 heavy (non-hydrogen) atoms. The number of halogens is 1. The van der Waals surface area contributed by atoms with Crippen LogP contribution in [0.25, 0.3) is 0 Å². The Hall–Kier alpha value is -2.15. The molecular weight excluding hydrogens is 479 g/mol. The van der Waals surface area contributed by atoms with Crippen LogP contribution in [0, 0.1) is 18.7 Å². The average Bonchev–Trinajstić information content (AvgIpc) is 3.38. The van der Waals surface area contributed by atoms with Crippen molar-refractivity contribution in [1.29, 1.82) is 0 Å². The molecule has 208 valence electrons. The molecule has 3 heterocycles. The van der Waals surface area contributed by atoms with Gasteiger partial charge in [-0.25, -0.2) is 4.39 Å². The van der Waals surface area contributed by atoms with Gasteiger partial charge in [0.25, 0.3) is 0 Å². The third-order valence-corrected chi connectivity index (χ3v) is 10.7. The molecule has 5 aliphatic rings. The lowest BCUT2D eigenvalue weighted by molar-refractivity contribution is -0.128. The van der Waals surface area contributed by atoms with Crippen molar-refractivity contribution in [3.8, 4) is 0 Å². The van der Waals surface area contributed by atoms with Gasteiger partial charge in [-0.05, 0) is 82.3 Å². The van der Waals surface area contributed by atoms with Crippen LogP contribution in [0.5, 0.6) is 0 Å². The number of hydrogen-bond acceptors (Lipinski definition) is 4. The lowest BCUT2D eigenvalue weighted by atomic mass is 9.76. The summed E-state index contributed by atoms with van der Waals surface area (Å²) in [6, 6.07) is 4.02. The fourth-order valence-electron chi connectivity index (χ4n) is 8.38. The van der Waals surface area contributed by atoms with Gasteiger partial charge in [0.05, 0.1) is 0 Å². The molecule has 2 aliphatic carbocycles. The molecule has 0 aromatic heterocycles. The molecule has 6 nitrogen and oxygen atoms in total. The van der Waals surface area contributed by atoms with Crippen molar-refractivity contribution in [1.82, 2.24) is 15.5 Å². The first-order chi connectivity index (χ1) is 18.4. The number of fused-ring (bicyclic) bond motifs is 1. The summed E-state index contributed by atoms with van der Waals surface area (Å²) in [7, 11) is 0. The van der Waals surface area contributed by atoms with Crippen molar-refractivity contribution < 1.29 is 14.0 Å². The van der Waals surface area contributed by atoms with Gasteiger partial charge in [-0.1, -0.05) is 31.7 Å². The Morgan fingerprint density at radius 2 is 1.76 bits per heavy atom. The van der Waals surface area contributed by atoms with Gasteiger partial charge in [0.2, 0.25) is 11.8 Å². The molecule has 2 saturated carbocycles. The molecule has 4 fully saturated rings. The molecule has 3 N–H and O–H groups in total. The summed E-state index contributed by atoms with van der Waals surface area (Å²) in [5.74, 6) is 0.312. The highest BCUT2D eigenvalue weighted by atomic mass is 19.1. The van der Waals surface area contributed by atoms with Gasteiger partial charge in [-0.15, -0.1) is 0 Å². The van der Waals surface area contributed by atoms with E-state index < -0.39 is 5.54 Å². The average molecular weight is 525 g/mol. The number of nitrogens with zero attached hydrogens (tertiary/aromatic N) is 1. The van der Waals surface area contributed by atoms with Crippen molar-refractivity contribution >= 4 is 17.5 Å². The summed E-state index contributed by atoms with van der Waals surface area (Å²) in [5, 5.41) is 10.4. The number of amides is 2. The Bertz CT molecular complexity index is 1030. The predicted octanol–water partition coefficient (Wildman–Crippen LogP) is 4.98. The van der Waals surface area contributed by atoms with Crippen LogP contribution in [0.1, 0.15) is 101 Å². The molecule has 2 amide bonds. The van der Waals surface area contributed by atoms with E-state index in [1.807, 2.05) is 13.0 Å². The van der Waals surface area contributed by atoms with Crippen LogP contribution < -0.4 is 16.0 Å². The van der Waals surface area contributed by atoms with Gasteiger partial charge >= 0.3 is 0 Å². The predicted molar refractivity (Wildman–Crippen MR) is 147 cm³/mol. The molecule has 0 radical (unpaired) electrons. The number of piperidine rings is 1. The summed E-state index contributed by atoms with van der Waals surface area (Å²) in [6.07, 6.45) is 15.2. The molecule has 2 saturated heterocycles. The number of rotatable bonds is 4. The lowest BCUT2D eigenvalue weighted by Gasteiger charge is -2.45. The number of benzene rings is 1. The van der Waals surface area contributed by atoms with E-state index in [0.717, 1.165) is 88.5 Å². The van der Waals surface area contributed by atoms with Gasteiger partial charge in [-0.2, -0.15) is 0 Å². The minimum Gasteiger partial charge on any atom is -0.370 e. The Labute approximate surface area is 226 Å². The van der Waals surface area contributed by atoms with Crippen LogP contribution in [0.15, 0.2) is 12.1 Å². The molecule has 7 heteroatoms. The Morgan fingerprint density at radius 1 is 1.00 bits per heavy atom. The zero-order valence-corrected chi connectivity index (χ0v) is 23.0. The van der Waals surface area contributed by atoms with E-state index in [1.54, 1.807) is 6.07 Å². The van der Waals surface area contributed by atoms with Crippen molar-refractivity contribution in [2.45, 2.75) is 126 Å². The Balaban J connectivity index is 1.15. The zero-order chi connectivity index (χ0) is 26.3. The van der Waals surface area contributed by atoms with Crippen LogP contribution in [0.3, 0.4) is 0 Å². The van der Waals surface area contributed by atoms with Crippen LogP contribution in [0.2, 0.25) is 0 Å². The molecule has 6 rings (SSSR count). The fraction of sp³-hybridized carbons (Fsp3) is 0.742. The minimum absolute atomic E-state index is 0.0253. The van der Waals surface area contributed by atoms with Gasteiger partial charge in [-0.3, -0.25) is 9.59 Å². The maximum atomic E-state index is 15.0. The van der Waals surface area contributed by atoms with Crippen molar-refractivity contribution in [2.75, 3.05) is 18.4 Å². The van der Waals surface area contributed by atoms with E-state index in [1.165, 1.54) is 19.3 Å². The number of hydrogen-bond donors (Lipinski definition) is 3. The number of anilines is 1. The normalized spacial score (nSPS) is 31.9. The number of carbonyl (C=O) groups excluding carboxylic acids is 2. The monoisotopic (exact) mass is 524 g/mol. The van der Waals surface area contributed by atoms with E-state index in [4.69, 9.17) is 0 Å². The highest BCUT2D eigenvalue weighted by Crippen LogP contribution is 2.45. The summed E-state index contributed by atoms with van der Waals surface area (Å²) in [6.45, 7) is 4.05. The van der Waals surface area contributed by atoms with E-state index in [2.05, 4.69) is 20.9 Å². The fourth-order valence-corrected chi connectivity index (χ4v) is 8.38. The largest absolute Gasteiger partial charge is 0.370 e. The van der Waals surface area contributed by atoms with Crippen molar-refractivity contribution in [3.63, 3.8) is 0 Å². The van der Waals surface area contributed by atoms with Crippen molar-refractivity contribution in [2.24, 2.45) is 5.92 Å². The molecule has 0 bridgehead atoms. The second kappa shape index (κ2) is 10.4. The van der Waals surface area contributed by atoms with Gasteiger partial charge in [0.15, 0.2) is 0 Å². The number of carbonyl (C=O) groups is 2. The quantitative estimate of drug-likeness (QED) is 0.486. The van der Waals surface area contributed by atoms with Crippen LogP contribution in [-0.2, 0) is 16.0 Å². The van der Waals surface area contributed by atoms with E-state index >= 15 is 0 Å². The molecule has 1 unspecified atom stereocenters. The first kappa shape index (κ1) is 26.1. The topological polar surface area (TPSA) is 73.5 Å². The van der Waals surface area contributed by atoms with Crippen LogP contribution in [0.4, 0.5) is 10.1 Å². The lowest BCUT2D eigenvalue weighted by Crippen LogP contribution is -2.60. The van der Waals surface area contributed by atoms with Crippen molar-refractivity contribution in [3.05, 3.63) is 29.1 Å². The van der Waals surface area contributed by atoms with Gasteiger partial charge in [0, 0.05) is 54.8 Å². The highest BCUT2D eigenvalue weighted by molar-refractivity contribution is 5.93. The maximum absolute atomic E-state index is 15.0. The number of aryl methyl sites for hydroxylation is 1. The molecule has 1 aromatic rings. The summed E-state index contributed by atoms with van der Waals surface area (Å²) < 4.78 is 15.0. The Kier molecular flexibility index (Phi) is 7.17. The number of likely N-dealkylation sites (tertiary alicyclic amines) is 1. The first-order valence-corrected chi connectivity index (χ1v) is 15.3. The molecular formula is C31H45FN4O2. The highest BCUT2D eigenvalue weighted by Gasteiger charge is 2.51. The van der Waals surface area contributed by atoms with E-state index in [0.29, 0.717) is 24.4 Å². The second-order valence-corrected chi connectivity index (χ2v) is 13.0. The van der Waals surface area contributed by atoms with E-state index in [-0.39, 0.29) is 35.1 Å². The van der Waals surface area contributed by atoms with Crippen LogP contribution >= 0.6 is 0 Å². The van der Waals surface area contributed by atoms with Crippen LogP contribution in [-0.4, -0.2) is 53.0 Å². The van der Waals surface area contributed by atoms with E-state index in [9.17, 15) is 14.0 Å². The molecule has 1 spiro atoms. The third-order valence-electron chi connectivity index (χ3n) is 10.7.